The average molecular weight is 317 g/mol. The summed E-state index contributed by atoms with van der Waals surface area (Å²) in [7, 11) is 0. The number of benzene rings is 2. The monoisotopic (exact) mass is 317 g/mol. The van der Waals surface area contributed by atoms with Gasteiger partial charge in [0.2, 0.25) is 11.8 Å². The molecule has 0 aliphatic heterocycles. The van der Waals surface area contributed by atoms with E-state index in [2.05, 4.69) is 24.3 Å². The van der Waals surface area contributed by atoms with Gasteiger partial charge in [0.15, 0.2) is 0 Å². The Balaban J connectivity index is 1.87. The third-order valence-electron chi connectivity index (χ3n) is 5.63. The van der Waals surface area contributed by atoms with Gasteiger partial charge >= 0.3 is 0 Å². The van der Waals surface area contributed by atoms with E-state index < -0.39 is 0 Å². The summed E-state index contributed by atoms with van der Waals surface area (Å²) in [6.07, 6.45) is 6.44. The van der Waals surface area contributed by atoms with Gasteiger partial charge in [0.1, 0.15) is 0 Å². The van der Waals surface area contributed by atoms with Gasteiger partial charge in [-0.3, -0.25) is 4.57 Å². The van der Waals surface area contributed by atoms with E-state index in [-0.39, 0.29) is 23.6 Å². The van der Waals surface area contributed by atoms with Crippen molar-refractivity contribution in [1.29, 1.82) is 0 Å². The van der Waals surface area contributed by atoms with Crippen LogP contribution in [-0.2, 0) is 0 Å². The minimum atomic E-state index is 0.195. The Morgan fingerprint density at radius 2 is 1.50 bits per heavy atom. The number of nitrogens with zero attached hydrogens (tertiary/aromatic N) is 1. The van der Waals surface area contributed by atoms with Gasteiger partial charge in [0, 0.05) is 28.3 Å². The SMILES string of the molecule is Cc1ccc2ccccc2c1-n1c(O)c2c(c1O)[C@H]1C=C[C@@H]2CC1. The summed E-state index contributed by atoms with van der Waals surface area (Å²) in [5.74, 6) is 0.821. The Hall–Kier alpha value is -2.68. The van der Waals surface area contributed by atoms with Gasteiger partial charge < -0.3 is 10.2 Å². The summed E-state index contributed by atoms with van der Waals surface area (Å²) >= 11 is 0. The second-order valence-electron chi connectivity index (χ2n) is 6.94. The highest BCUT2D eigenvalue weighted by Crippen LogP contribution is 2.54. The van der Waals surface area contributed by atoms with E-state index in [1.807, 2.05) is 31.2 Å². The van der Waals surface area contributed by atoms with Crippen molar-refractivity contribution in [2.75, 3.05) is 0 Å². The number of fused-ring (bicyclic) bond motifs is 2. The summed E-state index contributed by atoms with van der Waals surface area (Å²) in [4.78, 5) is 0. The molecule has 3 aliphatic rings. The van der Waals surface area contributed by atoms with Crippen molar-refractivity contribution in [1.82, 2.24) is 4.57 Å². The van der Waals surface area contributed by atoms with Crippen LogP contribution in [0.3, 0.4) is 0 Å². The largest absolute Gasteiger partial charge is 0.494 e. The van der Waals surface area contributed by atoms with Crippen molar-refractivity contribution in [3.63, 3.8) is 0 Å². The molecule has 120 valence electrons. The molecule has 0 unspecified atom stereocenters. The molecule has 2 bridgehead atoms. The van der Waals surface area contributed by atoms with E-state index >= 15 is 0 Å². The van der Waals surface area contributed by atoms with Crippen LogP contribution in [0.5, 0.6) is 11.8 Å². The molecule has 1 heterocycles. The maximum atomic E-state index is 11.0. The summed E-state index contributed by atoms with van der Waals surface area (Å²) in [5, 5.41) is 24.1. The first-order valence-corrected chi connectivity index (χ1v) is 8.50. The maximum absolute atomic E-state index is 11.0. The Bertz CT molecular complexity index is 975. The lowest BCUT2D eigenvalue weighted by atomic mass is 9.73. The van der Waals surface area contributed by atoms with Crippen LogP contribution in [0.1, 0.15) is 41.4 Å². The van der Waals surface area contributed by atoms with E-state index in [1.165, 1.54) is 0 Å². The van der Waals surface area contributed by atoms with Crippen LogP contribution in [0.15, 0.2) is 48.6 Å². The molecule has 2 atom stereocenters. The molecule has 1 aromatic heterocycles. The molecule has 3 aliphatic carbocycles. The lowest BCUT2D eigenvalue weighted by molar-refractivity contribution is 0.399. The standard InChI is InChI=1S/C21H19NO2/c1-12-6-7-13-4-2-3-5-16(13)19(12)22-20(23)17-14-8-9-15(11-10-14)18(17)21(22)24/h2-9,14-15,23-24H,10-11H2,1H3/t14-,15+. The van der Waals surface area contributed by atoms with Crippen molar-refractivity contribution < 1.29 is 10.2 Å². The highest BCUT2D eigenvalue weighted by Gasteiger charge is 2.38. The molecule has 0 radical (unpaired) electrons. The van der Waals surface area contributed by atoms with Gasteiger partial charge in [0.05, 0.1) is 5.69 Å². The minimum Gasteiger partial charge on any atom is -0.494 e. The Morgan fingerprint density at radius 3 is 2.12 bits per heavy atom. The summed E-state index contributed by atoms with van der Waals surface area (Å²) in [6, 6.07) is 12.2. The van der Waals surface area contributed by atoms with E-state index in [1.54, 1.807) is 4.57 Å². The minimum absolute atomic E-state index is 0.195. The molecule has 3 heteroatoms. The van der Waals surface area contributed by atoms with E-state index in [9.17, 15) is 10.2 Å². The number of aromatic hydroxyl groups is 2. The number of rotatable bonds is 1. The van der Waals surface area contributed by atoms with Crippen LogP contribution < -0.4 is 0 Å². The van der Waals surface area contributed by atoms with Crippen molar-refractivity contribution in [3.05, 3.63) is 65.2 Å². The Morgan fingerprint density at radius 1 is 0.875 bits per heavy atom. The fourth-order valence-electron chi connectivity index (χ4n) is 4.49. The lowest BCUT2D eigenvalue weighted by Gasteiger charge is -2.30. The molecule has 2 N–H and O–H groups in total. The molecule has 0 amide bonds. The van der Waals surface area contributed by atoms with E-state index in [0.717, 1.165) is 46.0 Å². The fraction of sp³-hybridized carbons (Fsp3) is 0.238. The van der Waals surface area contributed by atoms with Gasteiger partial charge in [-0.2, -0.15) is 0 Å². The normalized spacial score (nSPS) is 21.4. The molecule has 0 saturated carbocycles. The number of allylic oxidation sites excluding steroid dienone is 2. The van der Waals surface area contributed by atoms with Crippen LogP contribution in [0.4, 0.5) is 0 Å². The van der Waals surface area contributed by atoms with Gasteiger partial charge in [0.25, 0.3) is 0 Å². The third-order valence-corrected chi connectivity index (χ3v) is 5.63. The van der Waals surface area contributed by atoms with Crippen molar-refractivity contribution in [2.24, 2.45) is 0 Å². The first kappa shape index (κ1) is 13.7. The van der Waals surface area contributed by atoms with Gasteiger partial charge in [-0.05, 0) is 30.7 Å². The summed E-state index contributed by atoms with van der Waals surface area (Å²) in [6.45, 7) is 2.02. The molecular weight excluding hydrogens is 298 g/mol. The molecule has 0 saturated heterocycles. The van der Waals surface area contributed by atoms with Crippen LogP contribution in [0.25, 0.3) is 16.5 Å². The molecule has 0 fully saturated rings. The first-order chi connectivity index (χ1) is 11.7. The van der Waals surface area contributed by atoms with Crippen LogP contribution in [0, 0.1) is 6.92 Å². The predicted molar refractivity (Wildman–Crippen MR) is 95.2 cm³/mol. The molecular formula is C21H19NO2. The van der Waals surface area contributed by atoms with Crippen molar-refractivity contribution in [3.8, 4) is 17.4 Å². The van der Waals surface area contributed by atoms with Crippen LogP contribution in [0.2, 0.25) is 0 Å². The van der Waals surface area contributed by atoms with Crippen LogP contribution >= 0.6 is 0 Å². The average Bonchev–Trinajstić information content (AvgIpc) is 2.90. The van der Waals surface area contributed by atoms with Gasteiger partial charge in [-0.25, -0.2) is 0 Å². The molecule has 6 rings (SSSR count). The molecule has 0 spiro atoms. The topological polar surface area (TPSA) is 45.4 Å². The predicted octanol–water partition coefficient (Wildman–Crippen LogP) is 4.88. The van der Waals surface area contributed by atoms with E-state index in [0.29, 0.717) is 0 Å². The lowest BCUT2D eigenvalue weighted by Crippen LogP contribution is -2.15. The Labute approximate surface area is 140 Å². The zero-order valence-corrected chi connectivity index (χ0v) is 13.5. The second kappa shape index (κ2) is 4.67. The number of hydrogen-bond acceptors (Lipinski definition) is 2. The number of aryl methyl sites for hydroxylation is 1. The maximum Gasteiger partial charge on any atom is 0.202 e. The van der Waals surface area contributed by atoms with Gasteiger partial charge in [-0.1, -0.05) is 48.6 Å². The number of aromatic nitrogens is 1. The van der Waals surface area contributed by atoms with Gasteiger partial charge in [-0.15, -0.1) is 0 Å². The van der Waals surface area contributed by atoms with Crippen molar-refractivity contribution >= 4 is 10.8 Å². The molecule has 3 nitrogen and oxygen atoms in total. The molecule has 24 heavy (non-hydrogen) atoms. The zero-order chi connectivity index (χ0) is 16.4. The zero-order valence-electron chi connectivity index (χ0n) is 13.5. The molecule has 3 aromatic rings. The second-order valence-corrected chi connectivity index (χ2v) is 6.94. The summed E-state index contributed by atoms with van der Waals surface area (Å²) in [5.41, 5.74) is 3.74. The third kappa shape index (κ3) is 1.62. The Kier molecular flexibility index (Phi) is 2.67. The van der Waals surface area contributed by atoms with Crippen molar-refractivity contribution in [2.45, 2.75) is 31.6 Å². The quantitative estimate of drug-likeness (QED) is 0.628. The number of hydrogen-bond donors (Lipinski definition) is 2. The van der Waals surface area contributed by atoms with Crippen LogP contribution in [-0.4, -0.2) is 14.8 Å². The molecule has 2 aromatic carbocycles. The first-order valence-electron chi connectivity index (χ1n) is 8.50. The highest BCUT2D eigenvalue weighted by atomic mass is 16.3. The smallest absolute Gasteiger partial charge is 0.202 e. The highest BCUT2D eigenvalue weighted by molar-refractivity contribution is 5.92. The fourth-order valence-corrected chi connectivity index (χ4v) is 4.49. The van der Waals surface area contributed by atoms with E-state index in [4.69, 9.17) is 0 Å². The summed E-state index contributed by atoms with van der Waals surface area (Å²) < 4.78 is 1.65.